The number of benzene rings is 2. The van der Waals surface area contributed by atoms with E-state index in [4.69, 9.17) is 9.47 Å². The standard InChI is InChI=1S/C24H31NO3/c1-5-22(20-11-13-23(27-4)16(2)14-20)25-24(26)17(3)28-21-12-10-18-8-6-7-9-19(18)15-21/h10-15,17,22H,5-9H2,1-4H3,(H,25,26)/t17-,22-/m0/s1. The number of nitrogens with one attached hydrogen (secondary N) is 1. The number of methoxy groups -OCH3 is 1. The molecule has 0 saturated heterocycles. The lowest BCUT2D eigenvalue weighted by Crippen LogP contribution is -2.38. The Morgan fingerprint density at radius 1 is 1.11 bits per heavy atom. The fourth-order valence-electron chi connectivity index (χ4n) is 3.87. The topological polar surface area (TPSA) is 47.6 Å². The second-order valence-corrected chi connectivity index (χ2v) is 7.60. The minimum Gasteiger partial charge on any atom is -0.496 e. The van der Waals surface area contributed by atoms with Gasteiger partial charge in [-0.05, 0) is 86.4 Å². The summed E-state index contributed by atoms with van der Waals surface area (Å²) < 4.78 is 11.3. The Kier molecular flexibility index (Phi) is 6.61. The number of fused-ring (bicyclic) bond motifs is 1. The zero-order valence-electron chi connectivity index (χ0n) is 17.4. The molecule has 1 aliphatic rings. The monoisotopic (exact) mass is 381 g/mol. The molecule has 0 radical (unpaired) electrons. The number of carbonyl (C=O) groups is 1. The molecule has 28 heavy (non-hydrogen) atoms. The highest BCUT2D eigenvalue weighted by atomic mass is 16.5. The first-order valence-corrected chi connectivity index (χ1v) is 10.2. The molecule has 4 nitrogen and oxygen atoms in total. The van der Waals surface area contributed by atoms with Crippen molar-refractivity contribution in [3.05, 3.63) is 58.7 Å². The number of ether oxygens (including phenoxy) is 2. The molecule has 150 valence electrons. The summed E-state index contributed by atoms with van der Waals surface area (Å²) in [5.74, 6) is 1.53. The van der Waals surface area contributed by atoms with Gasteiger partial charge in [-0.25, -0.2) is 0 Å². The van der Waals surface area contributed by atoms with Crippen LogP contribution in [0.25, 0.3) is 0 Å². The third kappa shape index (κ3) is 4.67. The van der Waals surface area contributed by atoms with E-state index in [0.717, 1.165) is 41.9 Å². The molecule has 0 bridgehead atoms. The maximum atomic E-state index is 12.7. The minimum atomic E-state index is -0.546. The fourth-order valence-corrected chi connectivity index (χ4v) is 3.87. The Hall–Kier alpha value is -2.49. The molecule has 0 fully saturated rings. The van der Waals surface area contributed by atoms with Gasteiger partial charge in [0.15, 0.2) is 6.10 Å². The first-order chi connectivity index (χ1) is 13.5. The van der Waals surface area contributed by atoms with Gasteiger partial charge in [-0.15, -0.1) is 0 Å². The van der Waals surface area contributed by atoms with Gasteiger partial charge in [0.1, 0.15) is 11.5 Å². The molecule has 0 saturated carbocycles. The van der Waals surface area contributed by atoms with Crippen LogP contribution in [0.4, 0.5) is 0 Å². The van der Waals surface area contributed by atoms with Gasteiger partial charge in [0.2, 0.25) is 0 Å². The molecule has 2 aromatic carbocycles. The van der Waals surface area contributed by atoms with E-state index in [2.05, 4.69) is 30.4 Å². The van der Waals surface area contributed by atoms with Crippen molar-refractivity contribution in [2.24, 2.45) is 0 Å². The summed E-state index contributed by atoms with van der Waals surface area (Å²) in [6, 6.07) is 12.2. The van der Waals surface area contributed by atoms with Gasteiger partial charge in [0.05, 0.1) is 13.2 Å². The molecule has 1 N–H and O–H groups in total. The highest BCUT2D eigenvalue weighted by molar-refractivity contribution is 5.81. The lowest BCUT2D eigenvalue weighted by Gasteiger charge is -2.22. The van der Waals surface area contributed by atoms with Crippen molar-refractivity contribution in [1.82, 2.24) is 5.32 Å². The number of hydrogen-bond acceptors (Lipinski definition) is 3. The predicted molar refractivity (Wildman–Crippen MR) is 112 cm³/mol. The van der Waals surface area contributed by atoms with Gasteiger partial charge in [-0.3, -0.25) is 4.79 Å². The fraction of sp³-hybridized carbons (Fsp3) is 0.458. The summed E-state index contributed by atoms with van der Waals surface area (Å²) in [5, 5.41) is 3.13. The number of rotatable bonds is 7. The number of aryl methyl sites for hydroxylation is 3. The maximum Gasteiger partial charge on any atom is 0.261 e. The van der Waals surface area contributed by atoms with Crippen molar-refractivity contribution in [3.63, 3.8) is 0 Å². The molecular weight excluding hydrogens is 350 g/mol. The lowest BCUT2D eigenvalue weighted by atomic mass is 9.92. The molecular formula is C24H31NO3. The number of carbonyl (C=O) groups excluding carboxylic acids is 1. The summed E-state index contributed by atoms with van der Waals surface area (Å²) >= 11 is 0. The van der Waals surface area contributed by atoms with Crippen LogP contribution in [0, 0.1) is 6.92 Å². The van der Waals surface area contributed by atoms with Crippen LogP contribution < -0.4 is 14.8 Å². The normalized spacial score (nSPS) is 15.3. The van der Waals surface area contributed by atoms with Crippen LogP contribution in [-0.4, -0.2) is 19.1 Å². The van der Waals surface area contributed by atoms with E-state index in [1.807, 2.05) is 25.1 Å². The first kappa shape index (κ1) is 20.2. The van der Waals surface area contributed by atoms with E-state index in [1.165, 1.54) is 24.0 Å². The van der Waals surface area contributed by atoms with E-state index in [1.54, 1.807) is 14.0 Å². The van der Waals surface area contributed by atoms with Crippen molar-refractivity contribution >= 4 is 5.91 Å². The Balaban J connectivity index is 1.64. The van der Waals surface area contributed by atoms with Crippen molar-refractivity contribution in [2.75, 3.05) is 7.11 Å². The summed E-state index contributed by atoms with van der Waals surface area (Å²) in [4.78, 5) is 12.7. The number of hydrogen-bond donors (Lipinski definition) is 1. The third-order valence-corrected chi connectivity index (χ3v) is 5.55. The smallest absolute Gasteiger partial charge is 0.261 e. The van der Waals surface area contributed by atoms with E-state index < -0.39 is 6.10 Å². The van der Waals surface area contributed by atoms with Crippen LogP contribution in [0.15, 0.2) is 36.4 Å². The van der Waals surface area contributed by atoms with Crippen LogP contribution in [-0.2, 0) is 17.6 Å². The van der Waals surface area contributed by atoms with Crippen LogP contribution in [0.2, 0.25) is 0 Å². The second kappa shape index (κ2) is 9.13. The first-order valence-electron chi connectivity index (χ1n) is 10.2. The average Bonchev–Trinajstić information content (AvgIpc) is 2.71. The quantitative estimate of drug-likeness (QED) is 0.741. The molecule has 0 unspecified atom stereocenters. The minimum absolute atomic E-state index is 0.0494. The second-order valence-electron chi connectivity index (χ2n) is 7.60. The van der Waals surface area contributed by atoms with Crippen molar-refractivity contribution in [2.45, 2.75) is 65.0 Å². The molecule has 4 heteroatoms. The Morgan fingerprint density at radius 3 is 2.54 bits per heavy atom. The molecule has 3 rings (SSSR count). The summed E-state index contributed by atoms with van der Waals surface area (Å²) in [5.41, 5.74) is 4.91. The van der Waals surface area contributed by atoms with Crippen molar-refractivity contribution in [1.29, 1.82) is 0 Å². The molecule has 0 heterocycles. The van der Waals surface area contributed by atoms with Crippen LogP contribution >= 0.6 is 0 Å². The van der Waals surface area contributed by atoms with Gasteiger partial charge in [0, 0.05) is 0 Å². The average molecular weight is 382 g/mol. The highest BCUT2D eigenvalue weighted by Crippen LogP contribution is 2.27. The van der Waals surface area contributed by atoms with Gasteiger partial charge in [0.25, 0.3) is 5.91 Å². The van der Waals surface area contributed by atoms with Crippen molar-refractivity contribution in [3.8, 4) is 11.5 Å². The van der Waals surface area contributed by atoms with Crippen LogP contribution in [0.5, 0.6) is 11.5 Å². The zero-order chi connectivity index (χ0) is 20.1. The highest BCUT2D eigenvalue weighted by Gasteiger charge is 2.20. The molecule has 1 aliphatic carbocycles. The maximum absolute atomic E-state index is 12.7. The predicted octanol–water partition coefficient (Wildman–Crippen LogP) is 4.92. The molecule has 0 spiro atoms. The van der Waals surface area contributed by atoms with Gasteiger partial charge >= 0.3 is 0 Å². The van der Waals surface area contributed by atoms with E-state index in [-0.39, 0.29) is 11.9 Å². The van der Waals surface area contributed by atoms with Crippen LogP contribution in [0.1, 0.15) is 61.4 Å². The van der Waals surface area contributed by atoms with Gasteiger partial charge < -0.3 is 14.8 Å². The molecule has 2 aromatic rings. The summed E-state index contributed by atoms with van der Waals surface area (Å²) in [7, 11) is 1.67. The van der Waals surface area contributed by atoms with Gasteiger partial charge in [-0.2, -0.15) is 0 Å². The molecule has 0 aromatic heterocycles. The Labute approximate surface area is 168 Å². The summed E-state index contributed by atoms with van der Waals surface area (Å²) in [6.45, 7) is 5.89. The Bertz CT molecular complexity index is 831. The molecule has 1 amide bonds. The number of amides is 1. The largest absolute Gasteiger partial charge is 0.496 e. The lowest BCUT2D eigenvalue weighted by molar-refractivity contribution is -0.128. The Morgan fingerprint density at radius 2 is 1.86 bits per heavy atom. The SMILES string of the molecule is CC[C@H](NC(=O)[C@H](C)Oc1ccc2c(c1)CCCC2)c1ccc(OC)c(C)c1. The van der Waals surface area contributed by atoms with E-state index >= 15 is 0 Å². The van der Waals surface area contributed by atoms with E-state index in [9.17, 15) is 4.79 Å². The van der Waals surface area contributed by atoms with E-state index in [0.29, 0.717) is 0 Å². The van der Waals surface area contributed by atoms with Gasteiger partial charge in [-0.1, -0.05) is 25.1 Å². The third-order valence-electron chi connectivity index (χ3n) is 5.55. The molecule has 2 atom stereocenters. The summed E-state index contributed by atoms with van der Waals surface area (Å²) in [6.07, 6.45) is 4.99. The molecule has 0 aliphatic heterocycles. The van der Waals surface area contributed by atoms with Crippen molar-refractivity contribution < 1.29 is 14.3 Å². The van der Waals surface area contributed by atoms with Crippen LogP contribution in [0.3, 0.4) is 0 Å². The zero-order valence-corrected chi connectivity index (χ0v) is 17.4.